The van der Waals surface area contributed by atoms with E-state index in [0.29, 0.717) is 12.1 Å². The minimum Gasteiger partial charge on any atom is -0.313 e. The van der Waals surface area contributed by atoms with E-state index in [0.717, 1.165) is 33.9 Å². The summed E-state index contributed by atoms with van der Waals surface area (Å²) in [6, 6.07) is 4.15. The minimum absolute atomic E-state index is 0.0365. The third-order valence-corrected chi connectivity index (χ3v) is 6.47. The van der Waals surface area contributed by atoms with E-state index in [1.807, 2.05) is 6.26 Å². The molecule has 0 aliphatic heterocycles. The van der Waals surface area contributed by atoms with Gasteiger partial charge in [-0.2, -0.15) is 13.2 Å². The molecule has 0 saturated carbocycles. The molecule has 1 aliphatic carbocycles. The second-order valence-electron chi connectivity index (χ2n) is 7.14. The van der Waals surface area contributed by atoms with Crippen LogP contribution >= 0.6 is 23.1 Å². The molecule has 0 unspecified atom stereocenters. The Balaban J connectivity index is 1.88. The standard InChI is InChI=1S/C19H18F3NO2S2/c1-18(2)8-12-10-27-17(26-3)15(12)14(9-18)23-25-16(24)11-5-4-6-13(7-11)19(20,21)22/h4-7,10H,8-9H2,1-3H3/b23-14+. The van der Waals surface area contributed by atoms with E-state index in [4.69, 9.17) is 4.84 Å². The first-order valence-corrected chi connectivity index (χ1v) is 10.3. The Hall–Kier alpha value is -1.80. The largest absolute Gasteiger partial charge is 0.416 e. The van der Waals surface area contributed by atoms with Crippen LogP contribution in [-0.4, -0.2) is 17.9 Å². The lowest BCUT2D eigenvalue weighted by molar-refractivity contribution is -0.137. The third-order valence-electron chi connectivity index (χ3n) is 4.29. The van der Waals surface area contributed by atoms with Gasteiger partial charge in [-0.15, -0.1) is 23.1 Å². The van der Waals surface area contributed by atoms with Gasteiger partial charge in [-0.1, -0.05) is 25.1 Å². The Morgan fingerprint density at radius 1 is 1.30 bits per heavy atom. The summed E-state index contributed by atoms with van der Waals surface area (Å²) in [5.41, 5.74) is 1.70. The van der Waals surface area contributed by atoms with Crippen LogP contribution in [0, 0.1) is 5.41 Å². The molecule has 0 spiro atoms. The molecule has 3 rings (SSSR count). The predicted octanol–water partition coefficient (Wildman–Crippen LogP) is 6.02. The second kappa shape index (κ2) is 7.31. The number of fused-ring (bicyclic) bond motifs is 1. The van der Waals surface area contributed by atoms with Crippen molar-refractivity contribution in [1.29, 1.82) is 0 Å². The summed E-state index contributed by atoms with van der Waals surface area (Å²) in [7, 11) is 0. The maximum absolute atomic E-state index is 12.8. The van der Waals surface area contributed by atoms with Gasteiger partial charge in [-0.3, -0.25) is 0 Å². The van der Waals surface area contributed by atoms with Gasteiger partial charge in [0.2, 0.25) is 0 Å². The van der Waals surface area contributed by atoms with E-state index in [1.165, 1.54) is 12.1 Å². The zero-order valence-corrected chi connectivity index (χ0v) is 16.6. The quantitative estimate of drug-likeness (QED) is 0.351. The van der Waals surface area contributed by atoms with Crippen molar-refractivity contribution in [2.75, 3.05) is 6.26 Å². The van der Waals surface area contributed by atoms with Gasteiger partial charge in [0.1, 0.15) is 0 Å². The van der Waals surface area contributed by atoms with Gasteiger partial charge in [-0.05, 0) is 53.7 Å². The summed E-state index contributed by atoms with van der Waals surface area (Å²) >= 11 is 3.22. The molecule has 27 heavy (non-hydrogen) atoms. The summed E-state index contributed by atoms with van der Waals surface area (Å²) in [6.45, 7) is 4.22. The number of thiophene rings is 1. The highest BCUT2D eigenvalue weighted by Gasteiger charge is 2.33. The number of carbonyl (C=O) groups excluding carboxylic acids is 1. The van der Waals surface area contributed by atoms with Crippen molar-refractivity contribution in [3.63, 3.8) is 0 Å². The zero-order chi connectivity index (χ0) is 19.8. The molecule has 2 aromatic rings. The minimum atomic E-state index is -4.52. The van der Waals surface area contributed by atoms with Crippen molar-refractivity contribution >= 4 is 34.8 Å². The van der Waals surface area contributed by atoms with Crippen LogP contribution in [0.3, 0.4) is 0 Å². The van der Waals surface area contributed by atoms with Crippen LogP contribution in [0.4, 0.5) is 13.2 Å². The van der Waals surface area contributed by atoms with E-state index in [9.17, 15) is 18.0 Å². The van der Waals surface area contributed by atoms with Crippen LogP contribution in [0.1, 0.15) is 47.3 Å². The van der Waals surface area contributed by atoms with E-state index in [1.54, 1.807) is 23.1 Å². The van der Waals surface area contributed by atoms with E-state index >= 15 is 0 Å². The molecular weight excluding hydrogens is 395 g/mol. The van der Waals surface area contributed by atoms with Gasteiger partial charge in [0, 0.05) is 5.56 Å². The van der Waals surface area contributed by atoms with Crippen LogP contribution in [0.15, 0.2) is 39.0 Å². The molecule has 1 aliphatic rings. The molecule has 0 saturated heterocycles. The fourth-order valence-electron chi connectivity index (χ4n) is 3.13. The molecule has 0 radical (unpaired) electrons. The molecule has 1 aromatic carbocycles. The molecule has 144 valence electrons. The Bertz CT molecular complexity index is 901. The Morgan fingerprint density at radius 2 is 2.04 bits per heavy atom. The number of hydrogen-bond acceptors (Lipinski definition) is 5. The molecule has 1 heterocycles. The van der Waals surface area contributed by atoms with E-state index in [2.05, 4.69) is 24.4 Å². The number of halogens is 3. The first-order valence-electron chi connectivity index (χ1n) is 8.21. The summed E-state index contributed by atoms with van der Waals surface area (Å²) in [5.74, 6) is -0.903. The first kappa shape index (κ1) is 19.9. The number of thioether (sulfide) groups is 1. The van der Waals surface area contributed by atoms with Crippen molar-refractivity contribution in [2.45, 2.75) is 37.1 Å². The Kier molecular flexibility index (Phi) is 5.40. The van der Waals surface area contributed by atoms with Crippen molar-refractivity contribution in [1.82, 2.24) is 0 Å². The number of carbonyl (C=O) groups is 1. The number of alkyl halides is 3. The molecule has 0 amide bonds. The number of rotatable bonds is 3. The highest BCUT2D eigenvalue weighted by atomic mass is 32.2. The molecular formula is C19H18F3NO2S2. The molecule has 3 nitrogen and oxygen atoms in total. The lowest BCUT2D eigenvalue weighted by Crippen LogP contribution is -2.27. The lowest BCUT2D eigenvalue weighted by Gasteiger charge is -2.30. The average molecular weight is 413 g/mol. The molecule has 1 aromatic heterocycles. The summed E-state index contributed by atoms with van der Waals surface area (Å²) < 4.78 is 39.6. The predicted molar refractivity (Wildman–Crippen MR) is 102 cm³/mol. The first-order chi connectivity index (χ1) is 12.6. The number of nitrogens with zero attached hydrogens (tertiary/aromatic N) is 1. The average Bonchev–Trinajstić information content (AvgIpc) is 3.00. The number of benzene rings is 1. The van der Waals surface area contributed by atoms with Crippen LogP contribution < -0.4 is 0 Å². The van der Waals surface area contributed by atoms with Crippen LogP contribution in [0.5, 0.6) is 0 Å². The van der Waals surface area contributed by atoms with Gasteiger partial charge in [-0.25, -0.2) is 4.79 Å². The van der Waals surface area contributed by atoms with Gasteiger partial charge < -0.3 is 4.84 Å². The maximum atomic E-state index is 12.8. The maximum Gasteiger partial charge on any atom is 0.416 e. The van der Waals surface area contributed by atoms with Crippen molar-refractivity contribution < 1.29 is 22.8 Å². The number of hydrogen-bond donors (Lipinski definition) is 0. The summed E-state index contributed by atoms with van der Waals surface area (Å²) in [4.78, 5) is 17.3. The topological polar surface area (TPSA) is 38.7 Å². The van der Waals surface area contributed by atoms with Crippen molar-refractivity contribution in [3.8, 4) is 0 Å². The monoisotopic (exact) mass is 413 g/mol. The molecule has 0 bridgehead atoms. The summed E-state index contributed by atoms with van der Waals surface area (Å²) in [5, 5.41) is 6.14. The SMILES string of the molecule is CSc1scc2c1/C(=N/OC(=O)c1cccc(C(F)(F)F)c1)CC(C)(C)C2. The smallest absolute Gasteiger partial charge is 0.313 e. The van der Waals surface area contributed by atoms with Gasteiger partial charge in [0.15, 0.2) is 0 Å². The van der Waals surface area contributed by atoms with E-state index in [-0.39, 0.29) is 11.0 Å². The van der Waals surface area contributed by atoms with E-state index < -0.39 is 17.7 Å². The lowest BCUT2D eigenvalue weighted by atomic mass is 9.75. The highest BCUT2D eigenvalue weighted by Crippen LogP contribution is 2.42. The molecule has 8 heteroatoms. The normalized spacial score (nSPS) is 17.6. The zero-order valence-electron chi connectivity index (χ0n) is 15.0. The third kappa shape index (κ3) is 4.38. The van der Waals surface area contributed by atoms with Crippen molar-refractivity contribution in [3.05, 3.63) is 51.9 Å². The van der Waals surface area contributed by atoms with Crippen LogP contribution in [-0.2, 0) is 17.4 Å². The molecule has 0 fully saturated rings. The fourth-order valence-corrected chi connectivity index (χ4v) is 4.93. The fraction of sp³-hybridized carbons (Fsp3) is 0.368. The number of oxime groups is 1. The summed E-state index contributed by atoms with van der Waals surface area (Å²) in [6.07, 6.45) is -1.02. The molecule has 0 atom stereocenters. The van der Waals surface area contributed by atoms with Crippen molar-refractivity contribution in [2.24, 2.45) is 10.6 Å². The van der Waals surface area contributed by atoms with Crippen LogP contribution in [0.2, 0.25) is 0 Å². The Labute approximate surface area is 163 Å². The highest BCUT2D eigenvalue weighted by molar-refractivity contribution is 8.00. The van der Waals surface area contributed by atoms with Gasteiger partial charge in [0.05, 0.1) is 21.0 Å². The van der Waals surface area contributed by atoms with Gasteiger partial charge in [0.25, 0.3) is 0 Å². The van der Waals surface area contributed by atoms with Crippen LogP contribution in [0.25, 0.3) is 0 Å². The molecule has 0 N–H and O–H groups in total. The van der Waals surface area contributed by atoms with Gasteiger partial charge >= 0.3 is 12.1 Å². The Morgan fingerprint density at radius 3 is 2.70 bits per heavy atom. The second-order valence-corrected chi connectivity index (χ2v) is 9.10.